The van der Waals surface area contributed by atoms with Crippen molar-refractivity contribution in [2.75, 3.05) is 111 Å². The second-order valence-electron chi connectivity index (χ2n) is 32.6. The summed E-state index contributed by atoms with van der Waals surface area (Å²) in [4.78, 5) is 91.5. The Kier molecular flexibility index (Phi) is 35.4. The molecule has 4 saturated heterocycles. The van der Waals surface area contributed by atoms with Gasteiger partial charge in [-0.1, -0.05) is 260 Å². The van der Waals surface area contributed by atoms with Crippen molar-refractivity contribution in [1.29, 1.82) is 0 Å². The summed E-state index contributed by atoms with van der Waals surface area (Å²) in [6, 6.07) is 81.9. The molecule has 10 aromatic rings. The zero-order chi connectivity index (χ0) is 86.4. The van der Waals surface area contributed by atoms with Crippen molar-refractivity contribution in [1.82, 2.24) is 61.7 Å². The average Bonchev–Trinajstić information content (AvgIpc) is 1.80. The van der Waals surface area contributed by atoms with Crippen LogP contribution in [0.25, 0.3) is 10.8 Å². The third-order valence-electron chi connectivity index (χ3n) is 24.0. The highest BCUT2D eigenvalue weighted by molar-refractivity contribution is 6.42. The van der Waals surface area contributed by atoms with Crippen LogP contribution in [-0.4, -0.2) is 201 Å². The summed E-state index contributed by atoms with van der Waals surface area (Å²) < 4.78 is 0. The number of nitrogens with zero attached hydrogens (tertiary/aromatic N) is 5. The Morgan fingerprint density at radius 3 is 1.31 bits per heavy atom. The van der Waals surface area contributed by atoms with E-state index in [-0.39, 0.29) is 77.5 Å². The maximum absolute atomic E-state index is 14.2. The summed E-state index contributed by atoms with van der Waals surface area (Å²) >= 11 is 24.2. The van der Waals surface area contributed by atoms with Crippen LogP contribution in [0.4, 0.5) is 5.69 Å². The molecule has 0 radical (unpaired) electrons. The second-order valence-corrected chi connectivity index (χ2v) is 34.2. The first-order valence-corrected chi connectivity index (χ1v) is 44.9. The monoisotopic (exact) mass is 1740 g/mol. The molecule has 0 aromatic heterocycles. The maximum Gasteiger partial charge on any atom is 0.251 e. The number of piperazine rings is 1. The molecule has 6 amide bonds. The minimum Gasteiger partial charge on any atom is -0.399 e. The minimum absolute atomic E-state index is 0.0134. The third-order valence-corrected chi connectivity index (χ3v) is 25.5. The van der Waals surface area contributed by atoms with Gasteiger partial charge >= 0.3 is 0 Å². The first-order chi connectivity index (χ1) is 59.8. The number of carbonyl (C=O) groups is 6. The van der Waals surface area contributed by atoms with Crippen molar-refractivity contribution in [3.63, 3.8) is 0 Å². The van der Waals surface area contributed by atoms with Crippen LogP contribution in [0.3, 0.4) is 0 Å². The lowest BCUT2D eigenvalue weighted by Gasteiger charge is -2.31. The number of benzene rings is 10. The van der Waals surface area contributed by atoms with Gasteiger partial charge in [-0.05, 0) is 157 Å². The molecule has 14 rings (SSSR count). The smallest absolute Gasteiger partial charge is 0.251 e. The molecule has 123 heavy (non-hydrogen) atoms. The number of rotatable bonds is 31. The van der Waals surface area contributed by atoms with Gasteiger partial charge < -0.3 is 67.5 Å². The summed E-state index contributed by atoms with van der Waals surface area (Å²) in [6.07, 6.45) is 6.04. The molecule has 19 nitrogen and oxygen atoms in total. The molecule has 9 N–H and O–H groups in total. The van der Waals surface area contributed by atoms with E-state index >= 15 is 0 Å². The van der Waals surface area contributed by atoms with Gasteiger partial charge in [0.1, 0.15) is 0 Å². The zero-order valence-electron chi connectivity index (χ0n) is 70.7. The van der Waals surface area contributed by atoms with Crippen LogP contribution >= 0.6 is 46.4 Å². The summed E-state index contributed by atoms with van der Waals surface area (Å²) in [5.41, 5.74) is 15.6. The predicted octanol–water partition coefficient (Wildman–Crippen LogP) is 15.6. The van der Waals surface area contributed by atoms with Crippen molar-refractivity contribution in [2.45, 2.75) is 126 Å². The van der Waals surface area contributed by atoms with Crippen LogP contribution in [0.2, 0.25) is 20.1 Å². The van der Waals surface area contributed by atoms with E-state index < -0.39 is 6.04 Å². The number of halogens is 4. The average molecular weight is 1740 g/mol. The lowest BCUT2D eigenvalue weighted by Crippen LogP contribution is -2.51. The fourth-order valence-electron chi connectivity index (χ4n) is 16.8. The minimum atomic E-state index is -0.475. The van der Waals surface area contributed by atoms with Crippen LogP contribution in [0, 0.1) is 0 Å². The van der Waals surface area contributed by atoms with Crippen molar-refractivity contribution in [3.05, 3.63) is 325 Å². The lowest BCUT2D eigenvalue weighted by atomic mass is 9.90. The van der Waals surface area contributed by atoms with Gasteiger partial charge in [0, 0.05) is 163 Å². The van der Waals surface area contributed by atoms with E-state index in [2.05, 4.69) is 153 Å². The van der Waals surface area contributed by atoms with Gasteiger partial charge in [-0.3, -0.25) is 28.8 Å². The Labute approximate surface area is 745 Å². The maximum atomic E-state index is 14.2. The second kappa shape index (κ2) is 47.2. The topological polar surface area (TPSA) is 229 Å². The first kappa shape index (κ1) is 92.2. The molecule has 4 heterocycles. The van der Waals surface area contributed by atoms with Crippen LogP contribution < -0.4 is 43.0 Å². The number of nitrogen functional groups attached to an aromatic ring is 1. The SMILES string of the molecule is CC[C@H](CN1CC[C@@H](CNC(=O)c2ccc(Cl)c(Cl)c2)N[C@@H](CCN(C)Cc2ccccc2)C1=O)c1ccccc1.CC[C@H](CN1CC[C@@H](CNC(=O)c2ccc(Cl)c(Cl)c2)N[C@@H](CCN2CCNCC2)C1=O)c1ccccc1.Nc1ccccc1C[C@@H]1N[C@H](CNC(=O)c2ccc3ccccc3c2)CCN(CC(c2ccccc2)c2ccccc2)C1=O. The molecule has 23 heteroatoms. The van der Waals surface area contributed by atoms with E-state index in [1.807, 2.05) is 148 Å². The molecule has 0 spiro atoms. The van der Waals surface area contributed by atoms with Crippen LogP contribution in [-0.2, 0) is 27.3 Å². The normalized spacial score (nSPS) is 18.9. The van der Waals surface area contributed by atoms with E-state index in [1.54, 1.807) is 36.4 Å². The summed E-state index contributed by atoms with van der Waals surface area (Å²) in [7, 11) is 2.09. The van der Waals surface area contributed by atoms with Gasteiger partial charge in [0.15, 0.2) is 0 Å². The predicted molar refractivity (Wildman–Crippen MR) is 499 cm³/mol. The standard InChI is InChI=1S/C38H38N4O2.C33H40Cl2N4O2.C29H39Cl2N5O2/c39-35-18-10-9-17-31(35)24-36-38(44)42(26-34(28-12-3-1-4-13-28)29-14-5-2-6-15-29)22-21-33(41-36)25-40-37(43)32-20-19-27-11-7-8-16-30(27)23-32;1-3-25(26-12-8-5-9-13-26)23-39-19-16-28(21-36-32(40)27-14-15-29(34)30(35)20-27)37-31(33(39)41)17-18-38(2)22-24-10-6-4-7-11-24;1-2-21(22-6-4-3-5-7-22)20-36-15-10-24(19-33-28(37)23-8-9-25(30)26(31)18-23)34-27(29(36)38)11-14-35-16-12-32-13-17-35/h1-20,23,33-34,36,41H,21-22,24-26,39H2,(H,40,43);4-15,20,25,28,31,37H,3,16-19,21-23H2,1-2H3,(H,36,40);3-9,18,21,24,27,32,34H,2,10-17,19-20H2,1H3,(H,33,37)/t33-,36-;25-,28+,31+;21-,24+,27+/m011/s1. The molecule has 0 unspecified atom stereocenters. The van der Waals surface area contributed by atoms with Gasteiger partial charge in [-0.2, -0.15) is 0 Å². The fraction of sp³-hybridized carbons (Fsp3) is 0.360. The molecule has 0 aliphatic carbocycles. The molecule has 0 saturated carbocycles. The Balaban J connectivity index is 0.000000169. The number of amides is 6. The fourth-order valence-corrected chi connectivity index (χ4v) is 17.4. The van der Waals surface area contributed by atoms with Gasteiger partial charge in [0.05, 0.1) is 38.2 Å². The third kappa shape index (κ3) is 27.3. The molecular weight excluding hydrogens is 1620 g/mol. The quantitative estimate of drug-likeness (QED) is 0.0189. The lowest BCUT2D eigenvalue weighted by molar-refractivity contribution is -0.134. The summed E-state index contributed by atoms with van der Waals surface area (Å²) in [5, 5.41) is 27.0. The number of para-hydroxylation sites is 1. The largest absolute Gasteiger partial charge is 0.399 e. The van der Waals surface area contributed by atoms with Gasteiger partial charge in [-0.25, -0.2) is 0 Å². The van der Waals surface area contributed by atoms with Gasteiger partial charge in [-0.15, -0.1) is 0 Å². The Hall–Kier alpha value is -10.0. The molecule has 4 aliphatic rings. The highest BCUT2D eigenvalue weighted by Gasteiger charge is 2.37. The van der Waals surface area contributed by atoms with Crippen molar-refractivity contribution < 1.29 is 28.8 Å². The number of carbonyl (C=O) groups excluding carboxylic acids is 6. The molecular formula is C100H117Cl4N13O6. The van der Waals surface area contributed by atoms with E-state index in [9.17, 15) is 28.8 Å². The molecule has 4 fully saturated rings. The van der Waals surface area contributed by atoms with Gasteiger partial charge in [0.25, 0.3) is 17.7 Å². The number of nitrogens with two attached hydrogens (primary N) is 1. The van der Waals surface area contributed by atoms with Crippen molar-refractivity contribution in [2.24, 2.45) is 0 Å². The molecule has 10 aromatic carbocycles. The van der Waals surface area contributed by atoms with E-state index in [4.69, 9.17) is 52.1 Å². The number of hydrogen-bond donors (Lipinski definition) is 8. The van der Waals surface area contributed by atoms with Crippen LogP contribution in [0.5, 0.6) is 0 Å². The Bertz CT molecular complexity index is 5000. The van der Waals surface area contributed by atoms with Gasteiger partial charge in [0.2, 0.25) is 17.7 Å². The zero-order valence-corrected chi connectivity index (χ0v) is 73.7. The Morgan fingerprint density at radius 2 is 0.837 bits per heavy atom. The van der Waals surface area contributed by atoms with Crippen molar-refractivity contribution >= 4 is 98.3 Å². The number of hydrogen-bond acceptors (Lipinski definition) is 13. The van der Waals surface area contributed by atoms with E-state index in [0.29, 0.717) is 127 Å². The van der Waals surface area contributed by atoms with E-state index in [0.717, 1.165) is 94.3 Å². The Morgan fingerprint density at radius 1 is 0.439 bits per heavy atom. The van der Waals surface area contributed by atoms with Crippen LogP contribution in [0.1, 0.15) is 141 Å². The first-order valence-electron chi connectivity index (χ1n) is 43.4. The molecule has 4 aliphatic heterocycles. The number of anilines is 1. The highest BCUT2D eigenvalue weighted by atomic mass is 35.5. The molecule has 646 valence electrons. The highest BCUT2D eigenvalue weighted by Crippen LogP contribution is 2.31. The van der Waals surface area contributed by atoms with E-state index in [1.165, 1.54) is 27.8 Å². The molecule has 8 atom stereocenters. The summed E-state index contributed by atoms with van der Waals surface area (Å²) in [5.74, 6) is 0.395. The number of nitrogens with one attached hydrogen (secondary N) is 7. The summed E-state index contributed by atoms with van der Waals surface area (Å²) in [6.45, 7) is 15.9. The van der Waals surface area contributed by atoms with Crippen molar-refractivity contribution in [3.8, 4) is 0 Å². The number of fused-ring (bicyclic) bond motifs is 1. The van der Waals surface area contributed by atoms with Crippen LogP contribution in [0.15, 0.2) is 255 Å². The molecule has 0 bridgehead atoms.